The molecule has 2 atom stereocenters. The maximum atomic E-state index is 12.9. The van der Waals surface area contributed by atoms with Gasteiger partial charge in [0.15, 0.2) is 0 Å². The van der Waals surface area contributed by atoms with Crippen molar-refractivity contribution in [3.63, 3.8) is 0 Å². The Morgan fingerprint density at radius 1 is 1.08 bits per heavy atom. The summed E-state index contributed by atoms with van der Waals surface area (Å²) in [5, 5.41) is 13.7. The summed E-state index contributed by atoms with van der Waals surface area (Å²) in [5.41, 5.74) is 0. The van der Waals surface area contributed by atoms with Gasteiger partial charge in [0.25, 0.3) is 0 Å². The SMILES string of the molecule is O=C(CN1C[C@@H](C(F)(F)F)[C@H](C(=O)O)C1)NC(=O)NC1CCCCC1. The van der Waals surface area contributed by atoms with E-state index < -0.39 is 49.0 Å². The number of aliphatic carboxylic acids is 1. The summed E-state index contributed by atoms with van der Waals surface area (Å²) in [7, 11) is 0. The second-order valence-electron chi connectivity index (χ2n) is 6.64. The molecule has 25 heavy (non-hydrogen) atoms. The molecule has 1 saturated heterocycles. The molecule has 10 heteroatoms. The van der Waals surface area contributed by atoms with Crippen molar-refractivity contribution in [1.29, 1.82) is 0 Å². The molecule has 2 fully saturated rings. The molecule has 2 aliphatic rings. The minimum Gasteiger partial charge on any atom is -0.481 e. The number of carbonyl (C=O) groups is 3. The van der Waals surface area contributed by atoms with Crippen LogP contribution in [0.2, 0.25) is 0 Å². The van der Waals surface area contributed by atoms with E-state index in [1.807, 2.05) is 0 Å². The van der Waals surface area contributed by atoms with Gasteiger partial charge in [0.1, 0.15) is 0 Å². The van der Waals surface area contributed by atoms with E-state index in [0.717, 1.165) is 37.0 Å². The maximum Gasteiger partial charge on any atom is 0.393 e. The van der Waals surface area contributed by atoms with Crippen LogP contribution in [0.25, 0.3) is 0 Å². The van der Waals surface area contributed by atoms with E-state index in [1.165, 1.54) is 0 Å². The highest BCUT2D eigenvalue weighted by molar-refractivity contribution is 5.95. The molecular formula is C15H22F3N3O4. The lowest BCUT2D eigenvalue weighted by atomic mass is 9.96. The molecule has 0 aromatic rings. The summed E-state index contributed by atoms with van der Waals surface area (Å²) < 4.78 is 38.7. The van der Waals surface area contributed by atoms with E-state index in [1.54, 1.807) is 0 Å². The minimum absolute atomic E-state index is 0.000614. The molecular weight excluding hydrogens is 343 g/mol. The summed E-state index contributed by atoms with van der Waals surface area (Å²) in [4.78, 5) is 35.7. The van der Waals surface area contributed by atoms with Gasteiger partial charge in [-0.25, -0.2) is 4.79 Å². The Balaban J connectivity index is 1.81. The zero-order valence-electron chi connectivity index (χ0n) is 13.6. The number of urea groups is 1. The van der Waals surface area contributed by atoms with Gasteiger partial charge in [-0.3, -0.25) is 19.8 Å². The fraction of sp³-hybridized carbons (Fsp3) is 0.800. The molecule has 0 unspecified atom stereocenters. The first kappa shape index (κ1) is 19.5. The van der Waals surface area contributed by atoms with E-state index in [2.05, 4.69) is 10.6 Å². The first-order valence-corrected chi connectivity index (χ1v) is 8.29. The molecule has 0 aromatic carbocycles. The number of hydrogen-bond acceptors (Lipinski definition) is 4. The van der Waals surface area contributed by atoms with Gasteiger partial charge in [-0.05, 0) is 12.8 Å². The Hall–Kier alpha value is -1.84. The maximum absolute atomic E-state index is 12.9. The van der Waals surface area contributed by atoms with E-state index in [4.69, 9.17) is 5.11 Å². The van der Waals surface area contributed by atoms with E-state index in [-0.39, 0.29) is 12.6 Å². The average molecular weight is 365 g/mol. The summed E-state index contributed by atoms with van der Waals surface area (Å²) in [6, 6.07) is -0.669. The van der Waals surface area contributed by atoms with Gasteiger partial charge in [0, 0.05) is 19.1 Å². The number of carboxylic acid groups (broad SMARTS) is 1. The highest BCUT2D eigenvalue weighted by atomic mass is 19.4. The van der Waals surface area contributed by atoms with Crippen LogP contribution in [0.15, 0.2) is 0 Å². The number of rotatable bonds is 4. The number of imide groups is 1. The molecule has 1 aliphatic carbocycles. The molecule has 1 saturated carbocycles. The second-order valence-corrected chi connectivity index (χ2v) is 6.64. The van der Waals surface area contributed by atoms with Crippen LogP contribution in [0.5, 0.6) is 0 Å². The number of carbonyl (C=O) groups excluding carboxylic acids is 2. The number of nitrogens with zero attached hydrogens (tertiary/aromatic N) is 1. The van der Waals surface area contributed by atoms with Gasteiger partial charge in [0.05, 0.1) is 18.4 Å². The quantitative estimate of drug-likeness (QED) is 0.698. The number of nitrogens with one attached hydrogen (secondary N) is 2. The van der Waals surface area contributed by atoms with Crippen LogP contribution in [0.1, 0.15) is 32.1 Å². The lowest BCUT2D eigenvalue weighted by Crippen LogP contribution is -2.47. The number of hydrogen-bond donors (Lipinski definition) is 3. The monoisotopic (exact) mass is 365 g/mol. The fourth-order valence-corrected chi connectivity index (χ4v) is 3.43. The van der Waals surface area contributed by atoms with Crippen molar-refractivity contribution in [3.8, 4) is 0 Å². The van der Waals surface area contributed by atoms with Crippen LogP contribution in [0.3, 0.4) is 0 Å². The molecule has 7 nitrogen and oxygen atoms in total. The predicted molar refractivity (Wildman–Crippen MR) is 80.7 cm³/mol. The first-order chi connectivity index (χ1) is 11.7. The van der Waals surface area contributed by atoms with Crippen LogP contribution >= 0.6 is 0 Å². The molecule has 0 bridgehead atoms. The largest absolute Gasteiger partial charge is 0.481 e. The Morgan fingerprint density at radius 3 is 2.24 bits per heavy atom. The molecule has 0 aromatic heterocycles. The third-order valence-corrected chi connectivity index (χ3v) is 4.69. The highest BCUT2D eigenvalue weighted by Gasteiger charge is 2.52. The van der Waals surface area contributed by atoms with Crippen molar-refractivity contribution in [1.82, 2.24) is 15.5 Å². The fourth-order valence-electron chi connectivity index (χ4n) is 3.43. The van der Waals surface area contributed by atoms with Gasteiger partial charge >= 0.3 is 18.2 Å². The summed E-state index contributed by atoms with van der Waals surface area (Å²) in [6.45, 7) is -1.40. The third-order valence-electron chi connectivity index (χ3n) is 4.69. The third kappa shape index (κ3) is 5.58. The van der Waals surface area contributed by atoms with Gasteiger partial charge < -0.3 is 10.4 Å². The normalized spacial score (nSPS) is 25.6. The smallest absolute Gasteiger partial charge is 0.393 e. The Bertz CT molecular complexity index is 521. The van der Waals surface area contributed by atoms with Crippen LogP contribution in [0, 0.1) is 11.8 Å². The van der Waals surface area contributed by atoms with Crippen molar-refractivity contribution in [3.05, 3.63) is 0 Å². The lowest BCUT2D eigenvalue weighted by Gasteiger charge is -2.23. The van der Waals surface area contributed by atoms with Gasteiger partial charge in [-0.1, -0.05) is 19.3 Å². The lowest BCUT2D eigenvalue weighted by molar-refractivity contribution is -0.188. The number of alkyl halides is 3. The van der Waals surface area contributed by atoms with Crippen LogP contribution in [0.4, 0.5) is 18.0 Å². The van der Waals surface area contributed by atoms with Crippen LogP contribution in [-0.2, 0) is 9.59 Å². The molecule has 3 N–H and O–H groups in total. The molecule has 142 valence electrons. The van der Waals surface area contributed by atoms with Gasteiger partial charge in [-0.2, -0.15) is 13.2 Å². The zero-order chi connectivity index (χ0) is 18.6. The Morgan fingerprint density at radius 2 is 1.72 bits per heavy atom. The van der Waals surface area contributed by atoms with Gasteiger partial charge in [0.2, 0.25) is 5.91 Å². The van der Waals surface area contributed by atoms with Crippen molar-refractivity contribution in [2.45, 2.75) is 44.3 Å². The molecule has 3 amide bonds. The molecule has 0 radical (unpaired) electrons. The number of carboxylic acids is 1. The van der Waals surface area contributed by atoms with E-state index >= 15 is 0 Å². The van der Waals surface area contributed by atoms with Crippen molar-refractivity contribution < 1.29 is 32.7 Å². The Kier molecular flexibility index (Phi) is 6.26. The topological polar surface area (TPSA) is 98.7 Å². The summed E-state index contributed by atoms with van der Waals surface area (Å²) >= 11 is 0. The van der Waals surface area contributed by atoms with E-state index in [9.17, 15) is 27.6 Å². The Labute approximate surface area is 142 Å². The van der Waals surface area contributed by atoms with Gasteiger partial charge in [-0.15, -0.1) is 0 Å². The molecule has 0 spiro atoms. The van der Waals surface area contributed by atoms with Crippen molar-refractivity contribution >= 4 is 17.9 Å². The molecule has 2 rings (SSSR count). The average Bonchev–Trinajstić information content (AvgIpc) is 2.92. The zero-order valence-corrected chi connectivity index (χ0v) is 13.6. The highest BCUT2D eigenvalue weighted by Crippen LogP contribution is 2.37. The van der Waals surface area contributed by atoms with Crippen LogP contribution < -0.4 is 10.6 Å². The molecule has 1 aliphatic heterocycles. The van der Waals surface area contributed by atoms with E-state index in [0.29, 0.717) is 0 Å². The summed E-state index contributed by atoms with van der Waals surface area (Å²) in [5.74, 6) is -5.92. The van der Waals surface area contributed by atoms with Crippen molar-refractivity contribution in [2.75, 3.05) is 19.6 Å². The number of likely N-dealkylation sites (tertiary alicyclic amines) is 1. The number of halogens is 3. The summed E-state index contributed by atoms with van der Waals surface area (Å²) in [6.07, 6.45) is 0.137. The van der Waals surface area contributed by atoms with Crippen molar-refractivity contribution in [2.24, 2.45) is 11.8 Å². The minimum atomic E-state index is -4.65. The van der Waals surface area contributed by atoms with Crippen LogP contribution in [-0.4, -0.2) is 59.8 Å². The number of amides is 3. The second kappa shape index (κ2) is 8.03. The first-order valence-electron chi connectivity index (χ1n) is 8.29. The molecule has 1 heterocycles. The predicted octanol–water partition coefficient (Wildman–Crippen LogP) is 1.34. The standard InChI is InChI=1S/C15H22F3N3O4/c16-15(17,18)11-7-21(6-10(11)13(23)24)8-12(22)20-14(25)19-9-4-2-1-3-5-9/h9-11H,1-8H2,(H,23,24)(H2,19,20,22,25)/t10-,11-/m1/s1.